The maximum Gasteiger partial charge on any atom is 0.282 e. The quantitative estimate of drug-likeness (QED) is 0.688. The van der Waals surface area contributed by atoms with Gasteiger partial charge in [-0.3, -0.25) is 15.0 Å². The molecular formula is C16H13N3O4S2. The number of aromatic amines is 1. The first kappa shape index (κ1) is 15.9. The molecule has 0 bridgehead atoms. The molecule has 1 aromatic carbocycles. The minimum atomic E-state index is -0.467. The van der Waals surface area contributed by atoms with Crippen molar-refractivity contribution in [1.82, 2.24) is 9.66 Å². The van der Waals surface area contributed by atoms with Crippen molar-refractivity contribution in [1.29, 1.82) is 0 Å². The Kier molecular flexibility index (Phi) is 3.81. The molecule has 1 aliphatic rings. The van der Waals surface area contributed by atoms with Gasteiger partial charge in [-0.1, -0.05) is 6.92 Å². The number of thiophene rings is 1. The molecule has 25 heavy (non-hydrogen) atoms. The van der Waals surface area contributed by atoms with E-state index in [4.69, 9.17) is 21.7 Å². The number of benzene rings is 1. The fraction of sp³-hybridized carbons (Fsp3) is 0.188. The first-order chi connectivity index (χ1) is 12.1. The lowest BCUT2D eigenvalue weighted by atomic mass is 10.2. The van der Waals surface area contributed by atoms with E-state index in [2.05, 4.69) is 10.4 Å². The Morgan fingerprint density at radius 1 is 1.36 bits per heavy atom. The highest BCUT2D eigenvalue weighted by Gasteiger charge is 2.17. The summed E-state index contributed by atoms with van der Waals surface area (Å²) in [5.41, 5.74) is 2.52. The molecule has 0 saturated heterocycles. The van der Waals surface area contributed by atoms with Gasteiger partial charge in [0.25, 0.3) is 11.5 Å². The van der Waals surface area contributed by atoms with Gasteiger partial charge in [0.2, 0.25) is 11.6 Å². The van der Waals surface area contributed by atoms with Crippen LogP contribution in [-0.4, -0.2) is 22.4 Å². The van der Waals surface area contributed by atoms with Crippen molar-refractivity contribution in [2.24, 2.45) is 0 Å². The molecule has 0 saturated carbocycles. The van der Waals surface area contributed by atoms with E-state index in [1.165, 1.54) is 11.3 Å². The summed E-state index contributed by atoms with van der Waals surface area (Å²) in [6, 6.07) is 6.62. The molecule has 2 aromatic heterocycles. The van der Waals surface area contributed by atoms with Gasteiger partial charge in [0.1, 0.15) is 4.83 Å². The van der Waals surface area contributed by atoms with Crippen LogP contribution in [0.4, 0.5) is 0 Å². The summed E-state index contributed by atoms with van der Waals surface area (Å²) in [5, 5.41) is 0.501. The molecule has 3 aromatic rings. The van der Waals surface area contributed by atoms with E-state index < -0.39 is 5.91 Å². The Labute approximate surface area is 150 Å². The van der Waals surface area contributed by atoms with Crippen molar-refractivity contribution >= 4 is 39.7 Å². The predicted octanol–water partition coefficient (Wildman–Crippen LogP) is 2.80. The number of rotatable bonds is 3. The topological polar surface area (TPSA) is 85.3 Å². The third-order valence-corrected chi connectivity index (χ3v) is 5.32. The number of aryl methyl sites for hydroxylation is 1. The Hall–Kier alpha value is -2.65. The highest BCUT2D eigenvalue weighted by molar-refractivity contribution is 7.71. The lowest BCUT2D eigenvalue weighted by Crippen LogP contribution is -2.34. The minimum Gasteiger partial charge on any atom is -0.454 e. The number of carbonyl (C=O) groups is 1. The summed E-state index contributed by atoms with van der Waals surface area (Å²) in [4.78, 5) is 29.9. The number of fused-ring (bicyclic) bond motifs is 2. The molecule has 3 heterocycles. The molecular weight excluding hydrogens is 362 g/mol. The molecule has 0 spiro atoms. The van der Waals surface area contributed by atoms with Crippen molar-refractivity contribution in [3.8, 4) is 11.5 Å². The molecule has 7 nitrogen and oxygen atoms in total. The normalized spacial score (nSPS) is 12.5. The Bertz CT molecular complexity index is 1110. The average molecular weight is 375 g/mol. The van der Waals surface area contributed by atoms with E-state index in [9.17, 15) is 9.59 Å². The van der Waals surface area contributed by atoms with Gasteiger partial charge in [0.15, 0.2) is 11.5 Å². The molecule has 0 atom stereocenters. The highest BCUT2D eigenvalue weighted by Crippen LogP contribution is 2.32. The monoisotopic (exact) mass is 375 g/mol. The zero-order chi connectivity index (χ0) is 17.6. The number of hydrogen-bond donors (Lipinski definition) is 2. The second-order valence-electron chi connectivity index (χ2n) is 5.39. The zero-order valence-corrected chi connectivity index (χ0v) is 14.8. The Morgan fingerprint density at radius 2 is 2.16 bits per heavy atom. The van der Waals surface area contributed by atoms with E-state index in [-0.39, 0.29) is 17.1 Å². The molecule has 0 aliphatic carbocycles. The van der Waals surface area contributed by atoms with Crippen LogP contribution < -0.4 is 20.5 Å². The largest absolute Gasteiger partial charge is 0.454 e. The van der Waals surface area contributed by atoms with Gasteiger partial charge in [-0.2, -0.15) is 4.68 Å². The van der Waals surface area contributed by atoms with Crippen LogP contribution in [0.2, 0.25) is 0 Å². The van der Waals surface area contributed by atoms with Crippen molar-refractivity contribution < 1.29 is 14.3 Å². The van der Waals surface area contributed by atoms with Crippen LogP contribution in [0.1, 0.15) is 22.2 Å². The fourth-order valence-electron chi connectivity index (χ4n) is 2.54. The van der Waals surface area contributed by atoms with E-state index in [0.29, 0.717) is 27.3 Å². The zero-order valence-electron chi connectivity index (χ0n) is 13.1. The summed E-state index contributed by atoms with van der Waals surface area (Å²) in [6.45, 7) is 2.14. The van der Waals surface area contributed by atoms with Crippen LogP contribution in [0.15, 0.2) is 29.1 Å². The molecule has 2 N–H and O–H groups in total. The maximum absolute atomic E-state index is 12.7. The molecule has 9 heteroatoms. The van der Waals surface area contributed by atoms with Gasteiger partial charge < -0.3 is 14.5 Å². The summed E-state index contributed by atoms with van der Waals surface area (Å²) in [5.74, 6) is 0.606. The number of aromatic nitrogens is 2. The smallest absolute Gasteiger partial charge is 0.282 e. The lowest BCUT2D eigenvalue weighted by Gasteiger charge is -2.09. The van der Waals surface area contributed by atoms with Crippen LogP contribution >= 0.6 is 23.6 Å². The first-order valence-electron chi connectivity index (χ1n) is 7.55. The SMILES string of the molecule is CCc1cc2c(=O)n(NC(=O)c3ccc4c(c3)OCO4)c(=S)[nH]c2s1. The number of H-pyrrole nitrogens is 1. The average Bonchev–Trinajstić information content (AvgIpc) is 3.23. The lowest BCUT2D eigenvalue weighted by molar-refractivity contribution is 0.101. The van der Waals surface area contributed by atoms with E-state index in [0.717, 1.165) is 16.0 Å². The maximum atomic E-state index is 12.7. The van der Waals surface area contributed by atoms with Crippen molar-refractivity contribution in [3.05, 3.63) is 49.8 Å². The van der Waals surface area contributed by atoms with Gasteiger partial charge in [-0.25, -0.2) is 0 Å². The summed E-state index contributed by atoms with van der Waals surface area (Å²) < 4.78 is 11.7. The summed E-state index contributed by atoms with van der Waals surface area (Å²) in [7, 11) is 0. The molecule has 128 valence electrons. The molecule has 4 rings (SSSR count). The Balaban J connectivity index is 1.71. The molecule has 1 aliphatic heterocycles. The minimum absolute atomic E-state index is 0.125. The second kappa shape index (κ2) is 6.01. The summed E-state index contributed by atoms with van der Waals surface area (Å²) >= 11 is 6.70. The first-order valence-corrected chi connectivity index (χ1v) is 8.78. The van der Waals surface area contributed by atoms with Gasteiger partial charge in [0.05, 0.1) is 5.39 Å². The van der Waals surface area contributed by atoms with Crippen LogP contribution in [-0.2, 0) is 6.42 Å². The Morgan fingerprint density at radius 3 is 2.96 bits per heavy atom. The van der Waals surface area contributed by atoms with E-state index in [1.54, 1.807) is 18.2 Å². The van der Waals surface area contributed by atoms with Gasteiger partial charge in [-0.15, -0.1) is 11.3 Å². The molecule has 0 fully saturated rings. The number of amides is 1. The van der Waals surface area contributed by atoms with E-state index in [1.807, 2.05) is 13.0 Å². The fourth-order valence-corrected chi connectivity index (χ4v) is 3.82. The van der Waals surface area contributed by atoms with Crippen molar-refractivity contribution in [3.63, 3.8) is 0 Å². The van der Waals surface area contributed by atoms with Gasteiger partial charge >= 0.3 is 0 Å². The third kappa shape index (κ3) is 2.71. The van der Waals surface area contributed by atoms with Crippen LogP contribution in [0.5, 0.6) is 11.5 Å². The molecule has 0 unspecified atom stereocenters. The van der Waals surface area contributed by atoms with E-state index >= 15 is 0 Å². The number of nitrogens with zero attached hydrogens (tertiary/aromatic N) is 1. The van der Waals surface area contributed by atoms with Crippen LogP contribution in [0.25, 0.3) is 10.2 Å². The third-order valence-electron chi connectivity index (χ3n) is 3.84. The molecule has 0 radical (unpaired) electrons. The van der Waals surface area contributed by atoms with Crippen molar-refractivity contribution in [2.75, 3.05) is 12.2 Å². The van der Waals surface area contributed by atoms with Crippen LogP contribution in [0, 0.1) is 4.77 Å². The summed E-state index contributed by atoms with van der Waals surface area (Å²) in [6.07, 6.45) is 0.822. The second-order valence-corrected chi connectivity index (χ2v) is 6.91. The predicted molar refractivity (Wildman–Crippen MR) is 96.9 cm³/mol. The molecule has 1 amide bonds. The van der Waals surface area contributed by atoms with Crippen molar-refractivity contribution in [2.45, 2.75) is 13.3 Å². The number of hydrogen-bond acceptors (Lipinski definition) is 6. The van der Waals surface area contributed by atoms with Gasteiger partial charge in [-0.05, 0) is 42.9 Å². The number of ether oxygens (including phenoxy) is 2. The van der Waals surface area contributed by atoms with Crippen LogP contribution in [0.3, 0.4) is 0 Å². The van der Waals surface area contributed by atoms with Gasteiger partial charge in [0, 0.05) is 10.4 Å². The standard InChI is InChI=1S/C16H13N3O4S2/c1-2-9-6-10-14(25-9)17-16(24)19(15(10)21)18-13(20)8-3-4-11-12(5-8)23-7-22-11/h3-6H,2,7H2,1H3,(H,17,24)(H,18,20). The number of nitrogens with one attached hydrogen (secondary N) is 2. The number of carbonyl (C=O) groups excluding carboxylic acids is 1. The highest BCUT2D eigenvalue weighted by atomic mass is 32.1.